The molecular weight excluding hydrogens is 366 g/mol. The minimum absolute atomic E-state index is 0.0230. The molecule has 6 nitrogen and oxygen atoms in total. The van der Waals surface area contributed by atoms with E-state index in [-0.39, 0.29) is 17.2 Å². The normalized spacial score (nSPS) is 14.7. The summed E-state index contributed by atoms with van der Waals surface area (Å²) in [7, 11) is 0. The molecule has 1 N–H and O–H groups in total. The molecule has 0 saturated carbocycles. The predicted molar refractivity (Wildman–Crippen MR) is 116 cm³/mol. The van der Waals surface area contributed by atoms with E-state index in [1.165, 1.54) is 6.07 Å². The first kappa shape index (κ1) is 18.9. The summed E-state index contributed by atoms with van der Waals surface area (Å²) in [6.45, 7) is 3.79. The molecule has 1 saturated heterocycles. The number of carbonyl (C=O) groups excluding carboxylic acids is 1. The number of benzene rings is 3. The second-order valence-electron chi connectivity index (χ2n) is 7.61. The minimum Gasteiger partial charge on any atom is -0.366 e. The molecule has 6 heteroatoms. The van der Waals surface area contributed by atoms with E-state index >= 15 is 0 Å². The lowest BCUT2D eigenvalue weighted by Crippen LogP contribution is -2.33. The van der Waals surface area contributed by atoms with Gasteiger partial charge < -0.3 is 10.2 Å². The Morgan fingerprint density at radius 2 is 1.79 bits per heavy atom. The number of amides is 1. The highest BCUT2D eigenvalue weighted by atomic mass is 16.6. The Morgan fingerprint density at radius 1 is 1.07 bits per heavy atom. The molecule has 3 aromatic carbocycles. The summed E-state index contributed by atoms with van der Waals surface area (Å²) in [5.41, 5.74) is 1.53. The van der Waals surface area contributed by atoms with Gasteiger partial charge in [-0.1, -0.05) is 43.3 Å². The molecule has 0 spiro atoms. The van der Waals surface area contributed by atoms with Crippen molar-refractivity contribution >= 4 is 33.7 Å². The molecule has 0 radical (unpaired) electrons. The summed E-state index contributed by atoms with van der Waals surface area (Å²) >= 11 is 0. The van der Waals surface area contributed by atoms with E-state index in [1.807, 2.05) is 47.4 Å². The Labute approximate surface area is 169 Å². The molecule has 0 atom stereocenters. The van der Waals surface area contributed by atoms with Crippen molar-refractivity contribution in [2.75, 3.05) is 23.3 Å². The molecule has 0 aromatic heterocycles. The number of hydrogen-bond donors (Lipinski definition) is 1. The number of anilines is 2. The van der Waals surface area contributed by atoms with E-state index in [2.05, 4.69) is 12.2 Å². The van der Waals surface area contributed by atoms with Crippen LogP contribution in [0.3, 0.4) is 0 Å². The van der Waals surface area contributed by atoms with Crippen LogP contribution in [0.25, 0.3) is 10.8 Å². The Balaban J connectivity index is 1.62. The number of fused-ring (bicyclic) bond motifs is 1. The van der Waals surface area contributed by atoms with Gasteiger partial charge in [-0.15, -0.1) is 0 Å². The predicted octanol–water partition coefficient (Wildman–Crippen LogP) is 5.24. The number of nitro groups is 1. The quantitative estimate of drug-likeness (QED) is 0.489. The smallest absolute Gasteiger partial charge is 0.293 e. The van der Waals surface area contributed by atoms with Gasteiger partial charge in [0.15, 0.2) is 0 Å². The highest BCUT2D eigenvalue weighted by molar-refractivity contribution is 6.09. The Bertz CT molecular complexity index is 1070. The topological polar surface area (TPSA) is 75.5 Å². The summed E-state index contributed by atoms with van der Waals surface area (Å²) < 4.78 is 0. The fraction of sp³-hybridized carbons (Fsp3) is 0.261. The summed E-state index contributed by atoms with van der Waals surface area (Å²) in [5, 5.41) is 16.5. The molecule has 1 fully saturated rings. The van der Waals surface area contributed by atoms with Crippen LogP contribution in [-0.4, -0.2) is 23.9 Å². The highest BCUT2D eigenvalue weighted by Crippen LogP contribution is 2.33. The van der Waals surface area contributed by atoms with Crippen LogP contribution in [0.4, 0.5) is 17.1 Å². The molecule has 29 heavy (non-hydrogen) atoms. The largest absolute Gasteiger partial charge is 0.366 e. The maximum atomic E-state index is 12.8. The summed E-state index contributed by atoms with van der Waals surface area (Å²) in [6.07, 6.45) is 2.03. The lowest BCUT2D eigenvalue weighted by molar-refractivity contribution is -0.384. The van der Waals surface area contributed by atoms with Crippen molar-refractivity contribution in [2.24, 2.45) is 5.92 Å². The molecule has 1 aliphatic rings. The van der Waals surface area contributed by atoms with Crippen LogP contribution in [0.1, 0.15) is 30.1 Å². The van der Waals surface area contributed by atoms with Gasteiger partial charge in [0.25, 0.3) is 11.6 Å². The average molecular weight is 389 g/mol. The third-order valence-corrected chi connectivity index (χ3v) is 5.60. The van der Waals surface area contributed by atoms with E-state index in [9.17, 15) is 14.9 Å². The number of nitrogens with one attached hydrogen (secondary N) is 1. The number of rotatable bonds is 4. The van der Waals surface area contributed by atoms with Crippen LogP contribution in [0, 0.1) is 16.0 Å². The molecule has 148 valence electrons. The van der Waals surface area contributed by atoms with Crippen molar-refractivity contribution in [1.82, 2.24) is 0 Å². The Kier molecular flexibility index (Phi) is 5.16. The van der Waals surface area contributed by atoms with Gasteiger partial charge in [0.05, 0.1) is 4.92 Å². The summed E-state index contributed by atoms with van der Waals surface area (Å²) in [4.78, 5) is 26.1. The first-order chi connectivity index (χ1) is 14.0. The molecule has 3 aromatic rings. The fourth-order valence-electron chi connectivity index (χ4n) is 3.86. The van der Waals surface area contributed by atoms with Crippen LogP contribution in [0.15, 0.2) is 60.7 Å². The third kappa shape index (κ3) is 3.92. The number of nitrogens with zero attached hydrogens (tertiary/aromatic N) is 2. The second-order valence-corrected chi connectivity index (χ2v) is 7.61. The molecule has 1 aliphatic heterocycles. The van der Waals surface area contributed by atoms with Crippen molar-refractivity contribution < 1.29 is 9.72 Å². The zero-order chi connectivity index (χ0) is 20.4. The van der Waals surface area contributed by atoms with Gasteiger partial charge in [-0.3, -0.25) is 14.9 Å². The molecule has 1 amide bonds. The van der Waals surface area contributed by atoms with Gasteiger partial charge in [-0.2, -0.15) is 0 Å². The van der Waals surface area contributed by atoms with Crippen LogP contribution in [0.5, 0.6) is 0 Å². The molecule has 0 bridgehead atoms. The minimum atomic E-state index is -0.401. The summed E-state index contributed by atoms with van der Waals surface area (Å²) in [6, 6.07) is 18.2. The first-order valence-electron chi connectivity index (χ1n) is 9.85. The van der Waals surface area contributed by atoms with Crippen molar-refractivity contribution in [3.05, 3.63) is 76.3 Å². The van der Waals surface area contributed by atoms with Crippen molar-refractivity contribution in [3.63, 3.8) is 0 Å². The zero-order valence-electron chi connectivity index (χ0n) is 16.3. The molecular formula is C23H23N3O3. The number of carbonyl (C=O) groups is 1. The van der Waals surface area contributed by atoms with Crippen molar-refractivity contribution in [2.45, 2.75) is 19.8 Å². The zero-order valence-corrected chi connectivity index (χ0v) is 16.3. The number of hydrogen-bond acceptors (Lipinski definition) is 4. The van der Waals surface area contributed by atoms with Gasteiger partial charge in [-0.05, 0) is 42.3 Å². The van der Waals surface area contributed by atoms with Gasteiger partial charge in [-0.25, -0.2) is 0 Å². The standard InChI is InChI=1S/C23H23N3O3/c1-16-11-13-25(14-12-16)21-10-9-18(15-22(21)26(28)29)23(27)24-20-8-4-6-17-5-2-3-7-19(17)20/h2-10,15-16H,11-14H2,1H3,(H,24,27). The van der Waals surface area contributed by atoms with Crippen LogP contribution >= 0.6 is 0 Å². The Hall–Kier alpha value is -3.41. The van der Waals surface area contributed by atoms with Gasteiger partial charge in [0.2, 0.25) is 0 Å². The van der Waals surface area contributed by atoms with Gasteiger partial charge in [0, 0.05) is 35.8 Å². The van der Waals surface area contributed by atoms with E-state index in [1.54, 1.807) is 12.1 Å². The summed E-state index contributed by atoms with van der Waals surface area (Å²) in [5.74, 6) is 0.277. The lowest BCUT2D eigenvalue weighted by atomic mass is 9.98. The van der Waals surface area contributed by atoms with Crippen molar-refractivity contribution in [3.8, 4) is 0 Å². The number of nitro benzene ring substituents is 1. The third-order valence-electron chi connectivity index (χ3n) is 5.60. The van der Waals surface area contributed by atoms with E-state index < -0.39 is 4.92 Å². The van der Waals surface area contributed by atoms with E-state index in [4.69, 9.17) is 0 Å². The lowest BCUT2D eigenvalue weighted by Gasteiger charge is -2.31. The van der Waals surface area contributed by atoms with Crippen molar-refractivity contribution in [1.29, 1.82) is 0 Å². The SMILES string of the molecule is CC1CCN(c2ccc(C(=O)Nc3cccc4ccccc34)cc2[N+](=O)[O-])CC1. The van der Waals surface area contributed by atoms with Gasteiger partial charge in [0.1, 0.15) is 5.69 Å². The fourth-order valence-corrected chi connectivity index (χ4v) is 3.86. The van der Waals surface area contributed by atoms with Crippen LogP contribution in [0.2, 0.25) is 0 Å². The van der Waals surface area contributed by atoms with Crippen LogP contribution < -0.4 is 10.2 Å². The maximum Gasteiger partial charge on any atom is 0.293 e. The van der Waals surface area contributed by atoms with E-state index in [0.29, 0.717) is 17.3 Å². The second kappa shape index (κ2) is 7.91. The van der Waals surface area contributed by atoms with E-state index in [0.717, 1.165) is 36.7 Å². The maximum absolute atomic E-state index is 12.8. The highest BCUT2D eigenvalue weighted by Gasteiger charge is 2.25. The first-order valence-corrected chi connectivity index (χ1v) is 9.85. The molecule has 1 heterocycles. The monoisotopic (exact) mass is 389 g/mol. The molecule has 0 aliphatic carbocycles. The molecule has 0 unspecified atom stereocenters. The Morgan fingerprint density at radius 3 is 2.55 bits per heavy atom. The van der Waals surface area contributed by atoms with Crippen LogP contribution in [-0.2, 0) is 0 Å². The van der Waals surface area contributed by atoms with Gasteiger partial charge >= 0.3 is 0 Å². The molecule has 4 rings (SSSR count). The number of piperidine rings is 1. The average Bonchev–Trinajstić information content (AvgIpc) is 2.74.